The SMILES string of the molecule is CC(C)C(=O)Nc1nnc(Cc2ccc(F)cc2)s1. The predicted octanol–water partition coefficient (Wildman–Crippen LogP) is 2.86. The van der Waals surface area contributed by atoms with E-state index < -0.39 is 0 Å². The van der Waals surface area contributed by atoms with Crippen LogP contribution >= 0.6 is 11.3 Å². The molecule has 0 bridgehead atoms. The van der Waals surface area contributed by atoms with Gasteiger partial charge in [-0.15, -0.1) is 10.2 Å². The summed E-state index contributed by atoms with van der Waals surface area (Å²) in [6, 6.07) is 6.25. The van der Waals surface area contributed by atoms with Crippen molar-refractivity contribution < 1.29 is 9.18 Å². The molecule has 1 aromatic carbocycles. The van der Waals surface area contributed by atoms with Gasteiger partial charge in [-0.2, -0.15) is 0 Å². The van der Waals surface area contributed by atoms with Crippen LogP contribution in [0.1, 0.15) is 24.4 Å². The molecule has 2 aromatic rings. The first kappa shape index (κ1) is 13.6. The van der Waals surface area contributed by atoms with Crippen LogP contribution in [0, 0.1) is 11.7 Å². The van der Waals surface area contributed by atoms with Gasteiger partial charge in [-0.05, 0) is 17.7 Å². The molecule has 0 atom stereocenters. The van der Waals surface area contributed by atoms with E-state index in [-0.39, 0.29) is 17.6 Å². The molecule has 6 heteroatoms. The molecule has 4 nitrogen and oxygen atoms in total. The maximum Gasteiger partial charge on any atom is 0.228 e. The van der Waals surface area contributed by atoms with Crippen LogP contribution in [-0.2, 0) is 11.2 Å². The van der Waals surface area contributed by atoms with Crippen LogP contribution < -0.4 is 5.32 Å². The van der Waals surface area contributed by atoms with E-state index in [1.807, 2.05) is 13.8 Å². The number of nitrogens with one attached hydrogen (secondary N) is 1. The van der Waals surface area contributed by atoms with Crippen molar-refractivity contribution in [3.63, 3.8) is 0 Å². The lowest BCUT2D eigenvalue weighted by atomic mass is 10.2. The minimum absolute atomic E-state index is 0.0792. The third kappa shape index (κ3) is 3.82. The maximum atomic E-state index is 12.8. The van der Waals surface area contributed by atoms with Crippen molar-refractivity contribution in [2.75, 3.05) is 5.32 Å². The van der Waals surface area contributed by atoms with E-state index in [0.717, 1.165) is 10.6 Å². The lowest BCUT2D eigenvalue weighted by molar-refractivity contribution is -0.118. The molecule has 0 radical (unpaired) electrons. The quantitative estimate of drug-likeness (QED) is 0.936. The number of carbonyl (C=O) groups excluding carboxylic acids is 1. The van der Waals surface area contributed by atoms with E-state index in [2.05, 4.69) is 15.5 Å². The molecule has 19 heavy (non-hydrogen) atoms. The zero-order valence-electron chi connectivity index (χ0n) is 10.7. The summed E-state index contributed by atoms with van der Waals surface area (Å²) in [5.74, 6) is -0.431. The molecule has 1 aromatic heterocycles. The van der Waals surface area contributed by atoms with Gasteiger partial charge < -0.3 is 5.32 Å². The van der Waals surface area contributed by atoms with Gasteiger partial charge in [-0.1, -0.05) is 37.3 Å². The van der Waals surface area contributed by atoms with E-state index in [1.54, 1.807) is 12.1 Å². The highest BCUT2D eigenvalue weighted by atomic mass is 32.1. The van der Waals surface area contributed by atoms with Crippen LogP contribution in [0.15, 0.2) is 24.3 Å². The second kappa shape index (κ2) is 5.88. The first-order valence-electron chi connectivity index (χ1n) is 5.92. The number of hydrogen-bond acceptors (Lipinski definition) is 4. The fourth-order valence-corrected chi connectivity index (χ4v) is 2.18. The summed E-state index contributed by atoms with van der Waals surface area (Å²) >= 11 is 1.33. The van der Waals surface area contributed by atoms with Crippen LogP contribution in [0.2, 0.25) is 0 Å². The monoisotopic (exact) mass is 279 g/mol. The van der Waals surface area contributed by atoms with Crippen molar-refractivity contribution in [2.24, 2.45) is 5.92 Å². The highest BCUT2D eigenvalue weighted by Crippen LogP contribution is 2.19. The first-order valence-corrected chi connectivity index (χ1v) is 6.74. The van der Waals surface area contributed by atoms with E-state index in [0.29, 0.717) is 11.6 Å². The van der Waals surface area contributed by atoms with Gasteiger partial charge in [0.2, 0.25) is 11.0 Å². The van der Waals surface area contributed by atoms with Gasteiger partial charge in [0.05, 0.1) is 0 Å². The van der Waals surface area contributed by atoms with Crippen molar-refractivity contribution in [3.8, 4) is 0 Å². The van der Waals surface area contributed by atoms with Crippen LogP contribution in [-0.4, -0.2) is 16.1 Å². The van der Waals surface area contributed by atoms with E-state index >= 15 is 0 Å². The zero-order chi connectivity index (χ0) is 13.8. The zero-order valence-corrected chi connectivity index (χ0v) is 11.5. The Balaban J connectivity index is 2.01. The number of amides is 1. The number of rotatable bonds is 4. The van der Waals surface area contributed by atoms with Gasteiger partial charge in [0.25, 0.3) is 0 Å². The second-order valence-electron chi connectivity index (χ2n) is 4.45. The van der Waals surface area contributed by atoms with Crippen molar-refractivity contribution in [1.82, 2.24) is 10.2 Å². The minimum Gasteiger partial charge on any atom is -0.300 e. The van der Waals surface area contributed by atoms with Crippen LogP contribution in [0.4, 0.5) is 9.52 Å². The Labute approximate surface area is 114 Å². The molecule has 2 rings (SSSR count). The molecule has 1 N–H and O–H groups in total. The van der Waals surface area contributed by atoms with E-state index in [4.69, 9.17) is 0 Å². The van der Waals surface area contributed by atoms with Gasteiger partial charge in [-0.25, -0.2) is 4.39 Å². The van der Waals surface area contributed by atoms with Crippen molar-refractivity contribution >= 4 is 22.4 Å². The van der Waals surface area contributed by atoms with Crippen LogP contribution in [0.5, 0.6) is 0 Å². The molecular formula is C13H14FN3OS. The van der Waals surface area contributed by atoms with Gasteiger partial charge in [0, 0.05) is 12.3 Å². The molecule has 0 saturated heterocycles. The Morgan fingerprint density at radius 1 is 1.32 bits per heavy atom. The molecule has 0 saturated carbocycles. The smallest absolute Gasteiger partial charge is 0.228 e. The Bertz CT molecular complexity index is 566. The molecule has 1 heterocycles. The van der Waals surface area contributed by atoms with Crippen molar-refractivity contribution in [1.29, 1.82) is 0 Å². The molecule has 1 amide bonds. The summed E-state index contributed by atoms with van der Waals surface area (Å²) < 4.78 is 12.8. The number of nitrogens with zero attached hydrogens (tertiary/aromatic N) is 2. The van der Waals surface area contributed by atoms with Crippen LogP contribution in [0.3, 0.4) is 0 Å². The summed E-state index contributed by atoms with van der Waals surface area (Å²) in [7, 11) is 0. The Morgan fingerprint density at radius 3 is 2.63 bits per heavy atom. The third-order valence-corrected chi connectivity index (χ3v) is 3.33. The van der Waals surface area contributed by atoms with Gasteiger partial charge in [0.15, 0.2) is 0 Å². The number of hydrogen-bond donors (Lipinski definition) is 1. The average Bonchev–Trinajstić information content (AvgIpc) is 2.79. The highest BCUT2D eigenvalue weighted by Gasteiger charge is 2.11. The van der Waals surface area contributed by atoms with Gasteiger partial charge in [0.1, 0.15) is 10.8 Å². The number of benzene rings is 1. The number of anilines is 1. The highest BCUT2D eigenvalue weighted by molar-refractivity contribution is 7.15. The predicted molar refractivity (Wildman–Crippen MR) is 72.6 cm³/mol. The second-order valence-corrected chi connectivity index (χ2v) is 5.51. The van der Waals surface area contributed by atoms with E-state index in [1.165, 1.54) is 23.5 Å². The average molecular weight is 279 g/mol. The van der Waals surface area contributed by atoms with Crippen molar-refractivity contribution in [2.45, 2.75) is 20.3 Å². The molecule has 0 spiro atoms. The summed E-state index contributed by atoms with van der Waals surface area (Å²) in [6.45, 7) is 3.63. The normalized spacial score (nSPS) is 10.7. The molecule has 0 aliphatic rings. The number of aromatic nitrogens is 2. The summed E-state index contributed by atoms with van der Waals surface area (Å²) in [5, 5.41) is 11.9. The van der Waals surface area contributed by atoms with Crippen LogP contribution in [0.25, 0.3) is 0 Å². The third-order valence-electron chi connectivity index (χ3n) is 2.49. The summed E-state index contributed by atoms with van der Waals surface area (Å²) in [4.78, 5) is 11.5. The van der Waals surface area contributed by atoms with Crippen molar-refractivity contribution in [3.05, 3.63) is 40.7 Å². The Kier molecular flexibility index (Phi) is 4.21. The minimum atomic E-state index is -0.258. The van der Waals surface area contributed by atoms with Gasteiger partial charge in [-0.3, -0.25) is 4.79 Å². The molecule has 0 aliphatic carbocycles. The molecular weight excluding hydrogens is 265 g/mol. The first-order chi connectivity index (χ1) is 9.04. The molecule has 0 fully saturated rings. The Morgan fingerprint density at radius 2 is 2.00 bits per heavy atom. The largest absolute Gasteiger partial charge is 0.300 e. The molecule has 100 valence electrons. The maximum absolute atomic E-state index is 12.8. The summed E-state index contributed by atoms with van der Waals surface area (Å²) in [6.07, 6.45) is 0.579. The Hall–Kier alpha value is -1.82. The lowest BCUT2D eigenvalue weighted by Crippen LogP contribution is -2.17. The molecule has 0 unspecified atom stereocenters. The fraction of sp³-hybridized carbons (Fsp3) is 0.308. The fourth-order valence-electron chi connectivity index (χ4n) is 1.40. The van der Waals surface area contributed by atoms with E-state index in [9.17, 15) is 9.18 Å². The topological polar surface area (TPSA) is 54.9 Å². The standard InChI is InChI=1S/C13H14FN3OS/c1-8(2)12(18)15-13-17-16-11(19-13)7-9-3-5-10(14)6-4-9/h3-6,8H,7H2,1-2H3,(H,15,17,18). The number of halogens is 1. The lowest BCUT2D eigenvalue weighted by Gasteiger charge is -2.02. The van der Waals surface area contributed by atoms with Gasteiger partial charge >= 0.3 is 0 Å². The number of carbonyl (C=O) groups is 1. The summed E-state index contributed by atoms with van der Waals surface area (Å²) in [5.41, 5.74) is 0.958. The molecule has 0 aliphatic heterocycles.